The topological polar surface area (TPSA) is 57.8 Å². The Morgan fingerprint density at radius 3 is 2.67 bits per heavy atom. The van der Waals surface area contributed by atoms with E-state index in [9.17, 15) is 4.79 Å². The van der Waals surface area contributed by atoms with E-state index < -0.39 is 0 Å². The van der Waals surface area contributed by atoms with Crippen molar-refractivity contribution < 1.29 is 4.79 Å². The molecule has 4 aromatic rings. The SMILES string of the molecule is CCC(NC(=O)c1sc2ccccc2c1Cl)c1ncc(-c2ccccc2)[nH]1. The monoisotopic (exact) mass is 395 g/mol. The molecule has 2 heterocycles. The van der Waals surface area contributed by atoms with Gasteiger partial charge in [0.05, 0.1) is 23.0 Å². The maximum absolute atomic E-state index is 12.8. The van der Waals surface area contributed by atoms with Gasteiger partial charge in [0.1, 0.15) is 10.7 Å². The Labute approximate surface area is 166 Å². The van der Waals surface area contributed by atoms with Crippen molar-refractivity contribution in [2.24, 2.45) is 0 Å². The number of aromatic amines is 1. The zero-order chi connectivity index (χ0) is 18.8. The summed E-state index contributed by atoms with van der Waals surface area (Å²) in [7, 11) is 0. The van der Waals surface area contributed by atoms with Crippen molar-refractivity contribution in [3.63, 3.8) is 0 Å². The number of rotatable bonds is 5. The number of nitrogens with one attached hydrogen (secondary N) is 2. The molecule has 0 aliphatic heterocycles. The highest BCUT2D eigenvalue weighted by molar-refractivity contribution is 7.21. The molecule has 0 spiro atoms. The first kappa shape index (κ1) is 17.8. The number of carbonyl (C=O) groups is 1. The van der Waals surface area contributed by atoms with E-state index in [2.05, 4.69) is 15.3 Å². The highest BCUT2D eigenvalue weighted by Gasteiger charge is 2.21. The van der Waals surface area contributed by atoms with Gasteiger partial charge in [-0.05, 0) is 18.1 Å². The number of carbonyl (C=O) groups excluding carboxylic acids is 1. The van der Waals surface area contributed by atoms with Crippen LogP contribution in [0.3, 0.4) is 0 Å². The van der Waals surface area contributed by atoms with Crippen LogP contribution < -0.4 is 5.32 Å². The fourth-order valence-corrected chi connectivity index (χ4v) is 4.45. The molecule has 2 aromatic carbocycles. The smallest absolute Gasteiger partial charge is 0.263 e. The van der Waals surface area contributed by atoms with Crippen LogP contribution in [0.2, 0.25) is 5.02 Å². The Morgan fingerprint density at radius 2 is 1.93 bits per heavy atom. The van der Waals surface area contributed by atoms with Gasteiger partial charge in [-0.1, -0.05) is 67.1 Å². The minimum absolute atomic E-state index is 0.175. The van der Waals surface area contributed by atoms with E-state index in [4.69, 9.17) is 11.6 Å². The Morgan fingerprint density at radius 1 is 1.19 bits per heavy atom. The Bertz CT molecular complexity index is 1090. The third-order valence-corrected chi connectivity index (χ3v) is 6.14. The fraction of sp³-hybridized carbons (Fsp3) is 0.143. The third kappa shape index (κ3) is 3.48. The lowest BCUT2D eigenvalue weighted by Crippen LogP contribution is -2.28. The first-order chi connectivity index (χ1) is 13.2. The van der Waals surface area contributed by atoms with Crippen LogP contribution >= 0.6 is 22.9 Å². The van der Waals surface area contributed by atoms with Gasteiger partial charge in [-0.15, -0.1) is 11.3 Å². The number of H-pyrrole nitrogens is 1. The number of imidazole rings is 1. The van der Waals surface area contributed by atoms with Crippen LogP contribution in [0.5, 0.6) is 0 Å². The van der Waals surface area contributed by atoms with E-state index in [1.807, 2.05) is 61.5 Å². The molecule has 4 rings (SSSR count). The molecule has 0 saturated carbocycles. The normalized spacial score (nSPS) is 12.2. The lowest BCUT2D eigenvalue weighted by molar-refractivity contribution is 0.0938. The second kappa shape index (κ2) is 7.55. The van der Waals surface area contributed by atoms with Crippen LogP contribution in [0.1, 0.15) is 34.9 Å². The maximum atomic E-state index is 12.8. The molecule has 1 atom stereocenters. The molecule has 2 N–H and O–H groups in total. The standard InChI is InChI=1S/C21H18ClN3OS/c1-2-15(20-23-12-16(24-20)13-8-4-3-5-9-13)25-21(26)19-18(22)14-10-6-7-11-17(14)27-19/h3-12,15H,2H2,1H3,(H,23,24)(H,25,26). The summed E-state index contributed by atoms with van der Waals surface area (Å²) in [6.07, 6.45) is 2.52. The van der Waals surface area contributed by atoms with Gasteiger partial charge in [0.25, 0.3) is 5.91 Å². The number of thiophene rings is 1. The lowest BCUT2D eigenvalue weighted by atomic mass is 10.2. The van der Waals surface area contributed by atoms with Crippen LogP contribution in [0, 0.1) is 0 Å². The minimum Gasteiger partial charge on any atom is -0.341 e. The number of amides is 1. The largest absolute Gasteiger partial charge is 0.341 e. The van der Waals surface area contributed by atoms with E-state index >= 15 is 0 Å². The molecule has 1 amide bonds. The number of aromatic nitrogens is 2. The highest BCUT2D eigenvalue weighted by atomic mass is 35.5. The molecule has 0 saturated heterocycles. The summed E-state index contributed by atoms with van der Waals surface area (Å²) >= 11 is 7.84. The van der Waals surface area contributed by atoms with E-state index in [0.717, 1.165) is 33.6 Å². The average molecular weight is 396 g/mol. The predicted octanol–water partition coefficient (Wildman–Crippen LogP) is 5.83. The number of halogens is 1. The average Bonchev–Trinajstić information content (AvgIpc) is 3.32. The van der Waals surface area contributed by atoms with Gasteiger partial charge in [0.15, 0.2) is 0 Å². The summed E-state index contributed by atoms with van der Waals surface area (Å²) in [6, 6.07) is 17.5. The second-order valence-corrected chi connectivity index (χ2v) is 7.65. The quantitative estimate of drug-likeness (QED) is 0.447. The van der Waals surface area contributed by atoms with Crippen LogP contribution in [-0.2, 0) is 0 Å². The van der Waals surface area contributed by atoms with E-state index in [1.54, 1.807) is 6.20 Å². The number of nitrogens with zero attached hydrogens (tertiary/aromatic N) is 1. The second-order valence-electron chi connectivity index (χ2n) is 6.22. The summed E-state index contributed by atoms with van der Waals surface area (Å²) < 4.78 is 1.00. The number of hydrogen-bond acceptors (Lipinski definition) is 3. The molecule has 0 fully saturated rings. The van der Waals surface area contributed by atoms with Crippen LogP contribution in [0.25, 0.3) is 21.3 Å². The number of benzene rings is 2. The van der Waals surface area contributed by atoms with Gasteiger partial charge in [0.2, 0.25) is 0 Å². The maximum Gasteiger partial charge on any atom is 0.263 e. The Balaban J connectivity index is 1.57. The summed E-state index contributed by atoms with van der Waals surface area (Å²) in [5.74, 6) is 0.563. The molecule has 0 aliphatic carbocycles. The van der Waals surface area contributed by atoms with Gasteiger partial charge >= 0.3 is 0 Å². The Hall–Kier alpha value is -2.63. The van der Waals surface area contributed by atoms with Crippen molar-refractivity contribution in [1.82, 2.24) is 15.3 Å². The summed E-state index contributed by atoms with van der Waals surface area (Å²) in [5.41, 5.74) is 1.99. The van der Waals surface area contributed by atoms with Gasteiger partial charge < -0.3 is 10.3 Å². The van der Waals surface area contributed by atoms with Crippen LogP contribution in [0.15, 0.2) is 60.8 Å². The van der Waals surface area contributed by atoms with Crippen molar-refractivity contribution in [3.8, 4) is 11.3 Å². The number of fused-ring (bicyclic) bond motifs is 1. The lowest BCUT2D eigenvalue weighted by Gasteiger charge is -2.14. The Kier molecular flexibility index (Phi) is 4.97. The first-order valence-electron chi connectivity index (χ1n) is 8.75. The van der Waals surface area contributed by atoms with Crippen molar-refractivity contribution in [2.75, 3.05) is 0 Å². The zero-order valence-electron chi connectivity index (χ0n) is 14.7. The summed E-state index contributed by atoms with van der Waals surface area (Å²) in [5, 5.41) is 4.47. The molecular weight excluding hydrogens is 378 g/mol. The van der Waals surface area contributed by atoms with Crippen molar-refractivity contribution in [2.45, 2.75) is 19.4 Å². The van der Waals surface area contributed by atoms with Crippen molar-refractivity contribution >= 4 is 38.9 Å². The molecular formula is C21H18ClN3OS. The van der Waals surface area contributed by atoms with Crippen LogP contribution in [0.4, 0.5) is 0 Å². The van der Waals surface area contributed by atoms with Crippen molar-refractivity contribution in [1.29, 1.82) is 0 Å². The van der Waals surface area contributed by atoms with Gasteiger partial charge in [0, 0.05) is 10.1 Å². The molecule has 4 nitrogen and oxygen atoms in total. The molecule has 27 heavy (non-hydrogen) atoms. The summed E-state index contributed by atoms with van der Waals surface area (Å²) in [4.78, 5) is 21.2. The molecule has 0 aliphatic rings. The predicted molar refractivity (Wildman–Crippen MR) is 111 cm³/mol. The molecule has 2 aromatic heterocycles. The number of hydrogen-bond donors (Lipinski definition) is 2. The van der Waals surface area contributed by atoms with Crippen molar-refractivity contribution in [3.05, 3.63) is 76.5 Å². The van der Waals surface area contributed by atoms with Gasteiger partial charge in [-0.25, -0.2) is 4.98 Å². The van der Waals surface area contributed by atoms with E-state index in [-0.39, 0.29) is 11.9 Å². The highest BCUT2D eigenvalue weighted by Crippen LogP contribution is 2.35. The van der Waals surface area contributed by atoms with Crippen LogP contribution in [-0.4, -0.2) is 15.9 Å². The third-order valence-electron chi connectivity index (χ3n) is 4.47. The molecule has 136 valence electrons. The molecule has 0 radical (unpaired) electrons. The van der Waals surface area contributed by atoms with E-state index in [1.165, 1.54) is 11.3 Å². The fourth-order valence-electron chi connectivity index (χ4n) is 3.03. The first-order valence-corrected chi connectivity index (χ1v) is 9.95. The molecule has 1 unspecified atom stereocenters. The van der Waals surface area contributed by atoms with Gasteiger partial charge in [-0.2, -0.15) is 0 Å². The van der Waals surface area contributed by atoms with E-state index in [0.29, 0.717) is 9.90 Å². The summed E-state index contributed by atoms with van der Waals surface area (Å²) in [6.45, 7) is 2.02. The minimum atomic E-state index is -0.212. The van der Waals surface area contributed by atoms with Gasteiger partial charge in [-0.3, -0.25) is 4.79 Å². The molecule has 6 heteroatoms. The molecule has 0 bridgehead atoms. The zero-order valence-corrected chi connectivity index (χ0v) is 16.3.